The van der Waals surface area contributed by atoms with Crippen LogP contribution in [0.3, 0.4) is 0 Å². The highest BCUT2D eigenvalue weighted by atomic mass is 16.7. The van der Waals surface area contributed by atoms with Crippen LogP contribution in [0.5, 0.6) is 0 Å². The van der Waals surface area contributed by atoms with Crippen molar-refractivity contribution in [2.45, 2.75) is 18.9 Å². The average Bonchev–Trinajstić information content (AvgIpc) is 2.45. The van der Waals surface area contributed by atoms with Gasteiger partial charge in [-0.05, 0) is 24.0 Å². The quantitative estimate of drug-likeness (QED) is 0.821. The number of hydrogen-bond acceptors (Lipinski definition) is 2. The Bertz CT molecular complexity index is 508. The van der Waals surface area contributed by atoms with Gasteiger partial charge in [-0.15, -0.1) is 0 Å². The van der Waals surface area contributed by atoms with E-state index in [0.717, 1.165) is 12.0 Å². The van der Waals surface area contributed by atoms with Crippen molar-refractivity contribution in [1.82, 2.24) is 0 Å². The molecular weight excluding hydrogens is 240 g/mol. The van der Waals surface area contributed by atoms with Crippen LogP contribution in [0.15, 0.2) is 60.7 Å². The zero-order chi connectivity index (χ0) is 13.5. The van der Waals surface area contributed by atoms with Crippen molar-refractivity contribution in [3.63, 3.8) is 0 Å². The molecule has 0 radical (unpaired) electrons. The van der Waals surface area contributed by atoms with Gasteiger partial charge in [0.1, 0.15) is 6.10 Å². The Labute approximate surface area is 112 Å². The van der Waals surface area contributed by atoms with Gasteiger partial charge in [0.25, 0.3) is 0 Å². The van der Waals surface area contributed by atoms with Gasteiger partial charge in [-0.3, -0.25) is 0 Å². The van der Waals surface area contributed by atoms with Crippen LogP contribution in [0.25, 0.3) is 0 Å². The molecule has 3 heteroatoms. The third-order valence-electron chi connectivity index (χ3n) is 2.95. The van der Waals surface area contributed by atoms with Gasteiger partial charge in [0.05, 0.1) is 0 Å². The lowest BCUT2D eigenvalue weighted by atomic mass is 10.0. The SMILES string of the molecule is O=C(O)OC(CCc1ccccc1)c1ccccc1. The maximum Gasteiger partial charge on any atom is 0.506 e. The first-order valence-electron chi connectivity index (χ1n) is 6.24. The molecule has 0 spiro atoms. The topological polar surface area (TPSA) is 46.5 Å². The van der Waals surface area contributed by atoms with Crippen molar-refractivity contribution in [2.24, 2.45) is 0 Å². The Morgan fingerprint density at radius 3 is 2.16 bits per heavy atom. The largest absolute Gasteiger partial charge is 0.506 e. The molecule has 2 aromatic rings. The van der Waals surface area contributed by atoms with Crippen molar-refractivity contribution in [3.05, 3.63) is 71.8 Å². The molecule has 0 amide bonds. The summed E-state index contributed by atoms with van der Waals surface area (Å²) in [5.41, 5.74) is 2.07. The van der Waals surface area contributed by atoms with E-state index in [-0.39, 0.29) is 0 Å². The van der Waals surface area contributed by atoms with Crippen LogP contribution < -0.4 is 0 Å². The number of carboxylic acid groups (broad SMARTS) is 1. The normalized spacial score (nSPS) is 11.8. The number of carbonyl (C=O) groups is 1. The molecule has 0 aliphatic carbocycles. The fourth-order valence-corrected chi connectivity index (χ4v) is 2.03. The van der Waals surface area contributed by atoms with E-state index in [0.29, 0.717) is 6.42 Å². The first-order chi connectivity index (χ1) is 9.25. The maximum atomic E-state index is 10.8. The number of aryl methyl sites for hydroxylation is 1. The summed E-state index contributed by atoms with van der Waals surface area (Å²) in [6.07, 6.45) is -0.227. The van der Waals surface area contributed by atoms with E-state index in [2.05, 4.69) is 0 Å². The first-order valence-corrected chi connectivity index (χ1v) is 6.24. The minimum atomic E-state index is -1.23. The minimum Gasteiger partial charge on any atom is -0.450 e. The fourth-order valence-electron chi connectivity index (χ4n) is 2.03. The molecule has 0 aliphatic heterocycles. The summed E-state index contributed by atoms with van der Waals surface area (Å²) in [6.45, 7) is 0. The van der Waals surface area contributed by atoms with Crippen LogP contribution in [0.2, 0.25) is 0 Å². The summed E-state index contributed by atoms with van der Waals surface area (Å²) >= 11 is 0. The Morgan fingerprint density at radius 2 is 1.58 bits per heavy atom. The molecule has 1 N–H and O–H groups in total. The molecule has 0 saturated heterocycles. The first kappa shape index (κ1) is 13.1. The van der Waals surface area contributed by atoms with Crippen LogP contribution in [-0.2, 0) is 11.2 Å². The molecule has 1 atom stereocenters. The zero-order valence-corrected chi connectivity index (χ0v) is 10.5. The number of benzene rings is 2. The molecule has 0 heterocycles. The molecule has 0 aromatic heterocycles. The van der Waals surface area contributed by atoms with Gasteiger partial charge in [-0.25, -0.2) is 4.79 Å². The summed E-state index contributed by atoms with van der Waals surface area (Å²) in [6, 6.07) is 19.4. The predicted molar refractivity (Wildman–Crippen MR) is 73.1 cm³/mol. The number of hydrogen-bond donors (Lipinski definition) is 1. The van der Waals surface area contributed by atoms with E-state index in [1.54, 1.807) is 0 Å². The van der Waals surface area contributed by atoms with Crippen molar-refractivity contribution in [1.29, 1.82) is 0 Å². The Balaban J connectivity index is 2.04. The maximum absolute atomic E-state index is 10.8. The highest BCUT2D eigenvalue weighted by molar-refractivity contribution is 5.57. The second-order valence-electron chi connectivity index (χ2n) is 4.31. The highest BCUT2D eigenvalue weighted by Gasteiger charge is 2.15. The van der Waals surface area contributed by atoms with Gasteiger partial charge in [0.2, 0.25) is 0 Å². The molecule has 0 saturated carbocycles. The Morgan fingerprint density at radius 1 is 1.00 bits per heavy atom. The lowest BCUT2D eigenvalue weighted by Crippen LogP contribution is -2.10. The van der Waals surface area contributed by atoms with Gasteiger partial charge < -0.3 is 9.84 Å². The molecule has 2 aromatic carbocycles. The lowest BCUT2D eigenvalue weighted by Gasteiger charge is -2.16. The third-order valence-corrected chi connectivity index (χ3v) is 2.95. The zero-order valence-electron chi connectivity index (χ0n) is 10.5. The molecule has 2 rings (SSSR count). The summed E-state index contributed by atoms with van der Waals surface area (Å²) in [4.78, 5) is 10.8. The average molecular weight is 256 g/mol. The smallest absolute Gasteiger partial charge is 0.450 e. The second-order valence-corrected chi connectivity index (χ2v) is 4.31. The molecule has 98 valence electrons. The van der Waals surface area contributed by atoms with Crippen molar-refractivity contribution < 1.29 is 14.6 Å². The standard InChI is InChI=1S/C16H16O3/c17-16(18)19-15(14-9-5-2-6-10-14)12-11-13-7-3-1-4-8-13/h1-10,15H,11-12H2,(H,17,18). The summed E-state index contributed by atoms with van der Waals surface area (Å²) in [5, 5.41) is 8.82. The third kappa shape index (κ3) is 4.14. The molecule has 0 aliphatic rings. The minimum absolute atomic E-state index is 0.418. The van der Waals surface area contributed by atoms with E-state index < -0.39 is 12.3 Å². The number of ether oxygens (including phenoxy) is 1. The van der Waals surface area contributed by atoms with Gasteiger partial charge in [-0.1, -0.05) is 60.7 Å². The Hall–Kier alpha value is -2.29. The molecule has 3 nitrogen and oxygen atoms in total. The monoisotopic (exact) mass is 256 g/mol. The van der Waals surface area contributed by atoms with E-state index in [9.17, 15) is 4.79 Å². The summed E-state index contributed by atoms with van der Waals surface area (Å²) in [7, 11) is 0. The van der Waals surface area contributed by atoms with E-state index in [4.69, 9.17) is 9.84 Å². The lowest BCUT2D eigenvalue weighted by molar-refractivity contribution is 0.0476. The van der Waals surface area contributed by atoms with Crippen LogP contribution >= 0.6 is 0 Å². The number of rotatable bonds is 5. The van der Waals surface area contributed by atoms with Gasteiger partial charge in [-0.2, -0.15) is 0 Å². The van der Waals surface area contributed by atoms with E-state index >= 15 is 0 Å². The van der Waals surface area contributed by atoms with Crippen LogP contribution in [-0.4, -0.2) is 11.3 Å². The van der Waals surface area contributed by atoms with Crippen molar-refractivity contribution in [3.8, 4) is 0 Å². The Kier molecular flexibility index (Phi) is 4.56. The fraction of sp³-hybridized carbons (Fsp3) is 0.188. The van der Waals surface area contributed by atoms with Gasteiger partial charge >= 0.3 is 6.16 Å². The van der Waals surface area contributed by atoms with Crippen molar-refractivity contribution >= 4 is 6.16 Å². The van der Waals surface area contributed by atoms with E-state index in [1.807, 2.05) is 60.7 Å². The van der Waals surface area contributed by atoms with Crippen molar-refractivity contribution in [2.75, 3.05) is 0 Å². The summed E-state index contributed by atoms with van der Waals surface area (Å²) in [5.74, 6) is 0. The van der Waals surface area contributed by atoms with Gasteiger partial charge in [0.15, 0.2) is 0 Å². The predicted octanol–water partition coefficient (Wildman–Crippen LogP) is 4.06. The molecular formula is C16H16O3. The summed E-state index contributed by atoms with van der Waals surface area (Å²) < 4.78 is 4.97. The molecule has 1 unspecified atom stereocenters. The second kappa shape index (κ2) is 6.59. The highest BCUT2D eigenvalue weighted by Crippen LogP contribution is 2.23. The molecule has 19 heavy (non-hydrogen) atoms. The molecule has 0 fully saturated rings. The van der Waals surface area contributed by atoms with Crippen LogP contribution in [0.1, 0.15) is 23.7 Å². The van der Waals surface area contributed by atoms with Crippen LogP contribution in [0.4, 0.5) is 4.79 Å². The van der Waals surface area contributed by atoms with Gasteiger partial charge in [0, 0.05) is 0 Å². The van der Waals surface area contributed by atoms with E-state index in [1.165, 1.54) is 5.56 Å². The molecule has 0 bridgehead atoms. The van der Waals surface area contributed by atoms with Crippen LogP contribution in [0, 0.1) is 0 Å².